The summed E-state index contributed by atoms with van der Waals surface area (Å²) in [5, 5.41) is 9.39. The molecule has 1 aliphatic heterocycles. The SMILES string of the molecule is CCN(C(=O)CSc1nnc(-c2ccncc2)n1-c1ccccc1C)[C@H]1CCS(=O)(=O)C1. The van der Waals surface area contributed by atoms with Crippen molar-refractivity contribution in [3.8, 4) is 17.1 Å². The maximum absolute atomic E-state index is 13.0. The lowest BCUT2D eigenvalue weighted by molar-refractivity contribution is -0.129. The smallest absolute Gasteiger partial charge is 0.233 e. The van der Waals surface area contributed by atoms with E-state index in [9.17, 15) is 13.2 Å². The third kappa shape index (κ3) is 4.71. The van der Waals surface area contributed by atoms with E-state index in [1.54, 1.807) is 17.3 Å². The summed E-state index contributed by atoms with van der Waals surface area (Å²) in [6.45, 7) is 4.38. The van der Waals surface area contributed by atoms with Gasteiger partial charge in [0.2, 0.25) is 5.91 Å². The van der Waals surface area contributed by atoms with E-state index >= 15 is 0 Å². The second kappa shape index (κ2) is 9.41. The van der Waals surface area contributed by atoms with Crippen molar-refractivity contribution in [2.45, 2.75) is 31.5 Å². The molecule has 4 rings (SSSR count). The number of aryl methyl sites for hydroxylation is 1. The number of hydrogen-bond acceptors (Lipinski definition) is 7. The lowest BCUT2D eigenvalue weighted by Gasteiger charge is -2.26. The van der Waals surface area contributed by atoms with Crippen molar-refractivity contribution in [2.75, 3.05) is 23.8 Å². The maximum atomic E-state index is 13.0. The minimum Gasteiger partial charge on any atom is -0.338 e. The molecular weight excluding hydrogens is 446 g/mol. The van der Waals surface area contributed by atoms with Crippen LogP contribution in [-0.2, 0) is 14.6 Å². The van der Waals surface area contributed by atoms with E-state index in [-0.39, 0.29) is 29.2 Å². The summed E-state index contributed by atoms with van der Waals surface area (Å²) in [6.07, 6.45) is 3.91. The fourth-order valence-corrected chi connectivity index (χ4v) is 6.51. The molecule has 0 radical (unpaired) electrons. The number of carbonyl (C=O) groups is 1. The van der Waals surface area contributed by atoms with Gasteiger partial charge in [-0.15, -0.1) is 10.2 Å². The molecule has 10 heteroatoms. The highest BCUT2D eigenvalue weighted by atomic mass is 32.2. The Balaban J connectivity index is 1.61. The van der Waals surface area contributed by atoms with Gasteiger partial charge in [0, 0.05) is 30.5 Å². The predicted molar refractivity (Wildman–Crippen MR) is 124 cm³/mol. The summed E-state index contributed by atoms with van der Waals surface area (Å²) >= 11 is 1.31. The standard InChI is InChI=1S/C22H25N5O3S2/c1-3-26(18-10-13-32(29,30)15-18)20(28)14-31-22-25-24-21(17-8-11-23-12-9-17)27(22)19-7-5-4-6-16(19)2/h4-9,11-12,18H,3,10,13-15H2,1-2H3/t18-/m0/s1. The Bertz CT molecular complexity index is 1210. The molecular formula is C22H25N5O3S2. The van der Waals surface area contributed by atoms with E-state index in [1.807, 2.05) is 54.8 Å². The number of aromatic nitrogens is 4. The van der Waals surface area contributed by atoms with Gasteiger partial charge in [0.25, 0.3) is 0 Å². The molecule has 32 heavy (non-hydrogen) atoms. The molecule has 1 aromatic carbocycles. The van der Waals surface area contributed by atoms with Gasteiger partial charge in [0.1, 0.15) is 0 Å². The first kappa shape index (κ1) is 22.5. The van der Waals surface area contributed by atoms with Crippen molar-refractivity contribution in [3.05, 3.63) is 54.4 Å². The summed E-state index contributed by atoms with van der Waals surface area (Å²) < 4.78 is 25.7. The van der Waals surface area contributed by atoms with Crippen molar-refractivity contribution in [1.82, 2.24) is 24.6 Å². The molecule has 1 fully saturated rings. The highest BCUT2D eigenvalue weighted by molar-refractivity contribution is 7.99. The highest BCUT2D eigenvalue weighted by Crippen LogP contribution is 2.29. The van der Waals surface area contributed by atoms with Gasteiger partial charge >= 0.3 is 0 Å². The van der Waals surface area contributed by atoms with Crippen LogP contribution in [-0.4, -0.2) is 68.8 Å². The first-order valence-electron chi connectivity index (χ1n) is 10.4. The van der Waals surface area contributed by atoms with Crippen LogP contribution in [0, 0.1) is 6.92 Å². The van der Waals surface area contributed by atoms with E-state index in [4.69, 9.17) is 0 Å². The summed E-state index contributed by atoms with van der Waals surface area (Å²) in [7, 11) is -3.06. The van der Waals surface area contributed by atoms with E-state index in [0.717, 1.165) is 16.8 Å². The lowest BCUT2D eigenvalue weighted by Crippen LogP contribution is -2.42. The van der Waals surface area contributed by atoms with E-state index < -0.39 is 9.84 Å². The minimum atomic E-state index is -3.06. The molecule has 0 unspecified atom stereocenters. The zero-order valence-electron chi connectivity index (χ0n) is 18.0. The average molecular weight is 472 g/mol. The Kier molecular flexibility index (Phi) is 6.61. The predicted octanol–water partition coefficient (Wildman–Crippen LogP) is 2.77. The monoisotopic (exact) mass is 471 g/mol. The quantitative estimate of drug-likeness (QED) is 0.489. The Morgan fingerprint density at radius 1 is 1.19 bits per heavy atom. The first-order valence-corrected chi connectivity index (χ1v) is 13.2. The van der Waals surface area contributed by atoms with Gasteiger partial charge in [-0.3, -0.25) is 14.3 Å². The van der Waals surface area contributed by atoms with Crippen LogP contribution in [0.4, 0.5) is 0 Å². The van der Waals surface area contributed by atoms with Crippen molar-refractivity contribution in [2.24, 2.45) is 0 Å². The molecule has 168 valence electrons. The average Bonchev–Trinajstić information content (AvgIpc) is 3.36. The van der Waals surface area contributed by atoms with Crippen LogP contribution in [0.3, 0.4) is 0 Å². The zero-order valence-corrected chi connectivity index (χ0v) is 19.6. The molecule has 0 aliphatic carbocycles. The van der Waals surface area contributed by atoms with Crippen molar-refractivity contribution in [3.63, 3.8) is 0 Å². The summed E-state index contributed by atoms with van der Waals surface area (Å²) in [6, 6.07) is 11.4. The van der Waals surface area contributed by atoms with Crippen LogP contribution < -0.4 is 0 Å². The number of rotatable bonds is 7. The van der Waals surface area contributed by atoms with E-state index in [2.05, 4.69) is 15.2 Å². The normalized spacial score (nSPS) is 17.4. The number of benzene rings is 1. The van der Waals surface area contributed by atoms with Crippen LogP contribution in [0.1, 0.15) is 18.9 Å². The number of thioether (sulfide) groups is 1. The Hall–Kier alpha value is -2.72. The van der Waals surface area contributed by atoms with E-state index in [0.29, 0.717) is 23.9 Å². The number of pyridine rings is 1. The molecule has 0 saturated carbocycles. The second-order valence-corrected chi connectivity index (χ2v) is 10.9. The molecule has 0 spiro atoms. The summed E-state index contributed by atoms with van der Waals surface area (Å²) in [5.74, 6) is 0.925. The van der Waals surface area contributed by atoms with Crippen LogP contribution >= 0.6 is 11.8 Å². The number of amides is 1. The Morgan fingerprint density at radius 2 is 1.94 bits per heavy atom. The molecule has 1 aliphatic rings. The number of para-hydroxylation sites is 1. The Morgan fingerprint density at radius 3 is 2.59 bits per heavy atom. The maximum Gasteiger partial charge on any atom is 0.233 e. The number of sulfone groups is 1. The van der Waals surface area contributed by atoms with Gasteiger partial charge in [-0.05, 0) is 44.0 Å². The molecule has 3 heterocycles. The van der Waals surface area contributed by atoms with Crippen molar-refractivity contribution < 1.29 is 13.2 Å². The van der Waals surface area contributed by atoms with Crippen molar-refractivity contribution >= 4 is 27.5 Å². The number of carbonyl (C=O) groups excluding carboxylic acids is 1. The van der Waals surface area contributed by atoms with Gasteiger partial charge in [0.05, 0.1) is 22.9 Å². The first-order chi connectivity index (χ1) is 15.4. The third-order valence-corrected chi connectivity index (χ3v) is 8.23. The zero-order chi connectivity index (χ0) is 22.7. The highest BCUT2D eigenvalue weighted by Gasteiger charge is 2.34. The van der Waals surface area contributed by atoms with Gasteiger partial charge in [-0.1, -0.05) is 30.0 Å². The summed E-state index contributed by atoms with van der Waals surface area (Å²) in [5.41, 5.74) is 2.87. The van der Waals surface area contributed by atoms with Gasteiger partial charge in [0.15, 0.2) is 20.8 Å². The topological polar surface area (TPSA) is 98.1 Å². The number of nitrogens with zero attached hydrogens (tertiary/aromatic N) is 5. The van der Waals surface area contributed by atoms with Crippen LogP contribution in [0.25, 0.3) is 17.1 Å². The van der Waals surface area contributed by atoms with Crippen molar-refractivity contribution in [1.29, 1.82) is 0 Å². The number of hydrogen-bond donors (Lipinski definition) is 0. The van der Waals surface area contributed by atoms with Gasteiger partial charge in [-0.2, -0.15) is 0 Å². The van der Waals surface area contributed by atoms with Gasteiger partial charge < -0.3 is 4.90 Å². The minimum absolute atomic E-state index is 0.0445. The molecule has 0 N–H and O–H groups in total. The molecule has 8 nitrogen and oxygen atoms in total. The lowest BCUT2D eigenvalue weighted by atomic mass is 10.2. The molecule has 2 aromatic heterocycles. The van der Waals surface area contributed by atoms with Crippen LogP contribution in [0.5, 0.6) is 0 Å². The van der Waals surface area contributed by atoms with Crippen LogP contribution in [0.2, 0.25) is 0 Å². The molecule has 1 saturated heterocycles. The van der Waals surface area contributed by atoms with Crippen LogP contribution in [0.15, 0.2) is 53.9 Å². The molecule has 0 bridgehead atoms. The Labute approximate surface area is 192 Å². The fraction of sp³-hybridized carbons (Fsp3) is 0.364. The third-order valence-electron chi connectivity index (χ3n) is 5.56. The second-order valence-electron chi connectivity index (χ2n) is 7.69. The summed E-state index contributed by atoms with van der Waals surface area (Å²) in [4.78, 5) is 18.7. The van der Waals surface area contributed by atoms with Gasteiger partial charge in [-0.25, -0.2) is 8.42 Å². The largest absolute Gasteiger partial charge is 0.338 e. The molecule has 3 aromatic rings. The molecule has 1 atom stereocenters. The molecule has 1 amide bonds. The van der Waals surface area contributed by atoms with E-state index in [1.165, 1.54) is 11.8 Å². The fourth-order valence-electron chi connectivity index (χ4n) is 3.95.